The van der Waals surface area contributed by atoms with Gasteiger partial charge in [-0.15, -0.1) is 0 Å². The van der Waals surface area contributed by atoms with Crippen molar-refractivity contribution in [1.29, 1.82) is 0 Å². The molecule has 0 radical (unpaired) electrons. The lowest BCUT2D eigenvalue weighted by molar-refractivity contribution is -0.154. The van der Waals surface area contributed by atoms with Gasteiger partial charge in [0, 0.05) is 25.4 Å². The van der Waals surface area contributed by atoms with Crippen LogP contribution in [0.4, 0.5) is 0 Å². The van der Waals surface area contributed by atoms with Crippen LogP contribution in [0.5, 0.6) is 5.75 Å². The zero-order valence-electron chi connectivity index (χ0n) is 29.4. The first-order chi connectivity index (χ1) is 24.4. The van der Waals surface area contributed by atoms with Gasteiger partial charge in [0.25, 0.3) is 0 Å². The van der Waals surface area contributed by atoms with Crippen molar-refractivity contribution in [2.24, 2.45) is 0 Å². The quantitative estimate of drug-likeness (QED) is 0.0873. The van der Waals surface area contributed by atoms with Crippen LogP contribution < -0.4 is 4.74 Å². The molecule has 6 rings (SSSR count). The second-order valence-electron chi connectivity index (χ2n) is 12.8. The molecular weight excluding hydrogens is 620 g/mol. The van der Waals surface area contributed by atoms with Gasteiger partial charge in [-0.3, -0.25) is 0 Å². The van der Waals surface area contributed by atoms with E-state index in [1.807, 2.05) is 24.3 Å². The third kappa shape index (κ3) is 8.24. The van der Waals surface area contributed by atoms with Crippen LogP contribution in [0.2, 0.25) is 0 Å². The minimum absolute atomic E-state index is 0.253. The van der Waals surface area contributed by atoms with Gasteiger partial charge in [-0.25, -0.2) is 4.79 Å². The largest absolute Gasteiger partial charge is 0.491 e. The molecule has 0 aromatic heterocycles. The minimum Gasteiger partial charge on any atom is -0.491 e. The molecule has 0 fully saturated rings. The highest BCUT2D eigenvalue weighted by molar-refractivity contribution is 5.77. The Morgan fingerprint density at radius 3 is 1.70 bits per heavy atom. The molecule has 5 aromatic carbocycles. The Morgan fingerprint density at radius 1 is 0.660 bits per heavy atom. The van der Waals surface area contributed by atoms with Gasteiger partial charge in [0.15, 0.2) is 6.10 Å². The average molecular weight is 667 g/mol. The van der Waals surface area contributed by atoms with Crippen LogP contribution in [0.1, 0.15) is 88.8 Å². The minimum atomic E-state index is -0.634. The predicted octanol–water partition coefficient (Wildman–Crippen LogP) is 9.78. The van der Waals surface area contributed by atoms with E-state index in [1.54, 1.807) is 6.92 Å². The third-order valence-corrected chi connectivity index (χ3v) is 9.64. The molecule has 1 aliphatic rings. The average Bonchev–Trinajstić information content (AvgIpc) is 3.32. The number of rotatable bonds is 14. The van der Waals surface area contributed by atoms with Gasteiger partial charge in [0.2, 0.25) is 0 Å². The van der Waals surface area contributed by atoms with Gasteiger partial charge in [0.05, 0.1) is 13.2 Å². The second-order valence-corrected chi connectivity index (χ2v) is 12.8. The van der Waals surface area contributed by atoms with Gasteiger partial charge in [-0.05, 0) is 69.1 Å². The first-order valence-electron chi connectivity index (χ1n) is 17.5. The van der Waals surface area contributed by atoms with E-state index < -0.39 is 6.10 Å². The number of hydrogen-bond acceptors (Lipinski definition) is 5. The fraction of sp³-hybridized carbons (Fsp3) is 0.267. The van der Waals surface area contributed by atoms with E-state index in [4.69, 9.17) is 18.9 Å². The molecule has 1 aliphatic carbocycles. The number of fused-ring (bicyclic) bond motifs is 2. The summed E-state index contributed by atoms with van der Waals surface area (Å²) in [6.07, 6.45) is 4.03. The summed E-state index contributed by atoms with van der Waals surface area (Å²) < 4.78 is 23.3. The molecule has 256 valence electrons. The highest BCUT2D eigenvalue weighted by Gasteiger charge is 2.25. The van der Waals surface area contributed by atoms with Crippen LogP contribution >= 0.6 is 0 Å². The Bertz CT molecular complexity index is 1780. The van der Waals surface area contributed by atoms with E-state index in [2.05, 4.69) is 123 Å². The van der Waals surface area contributed by atoms with Gasteiger partial charge in [-0.2, -0.15) is 0 Å². The lowest BCUT2D eigenvalue weighted by Gasteiger charge is -2.23. The topological polar surface area (TPSA) is 54.0 Å². The van der Waals surface area contributed by atoms with Gasteiger partial charge < -0.3 is 18.9 Å². The molecular formula is C45H46O5. The van der Waals surface area contributed by atoms with Crippen molar-refractivity contribution in [3.05, 3.63) is 171 Å². The normalized spacial score (nSPS) is 15.2. The number of hydrogen-bond donors (Lipinski definition) is 0. The fourth-order valence-corrected chi connectivity index (χ4v) is 6.65. The van der Waals surface area contributed by atoms with Crippen LogP contribution in [0.25, 0.3) is 12.2 Å². The van der Waals surface area contributed by atoms with Crippen molar-refractivity contribution in [3.63, 3.8) is 0 Å². The van der Waals surface area contributed by atoms with Gasteiger partial charge in [-0.1, -0.05) is 135 Å². The number of esters is 1. The summed E-state index contributed by atoms with van der Waals surface area (Å²) in [5, 5.41) is 0. The van der Waals surface area contributed by atoms with Crippen molar-refractivity contribution in [2.75, 3.05) is 26.9 Å². The molecule has 5 nitrogen and oxygen atoms in total. The highest BCUT2D eigenvalue weighted by Crippen LogP contribution is 2.39. The van der Waals surface area contributed by atoms with Crippen molar-refractivity contribution >= 4 is 18.1 Å². The third-order valence-electron chi connectivity index (χ3n) is 9.64. The van der Waals surface area contributed by atoms with E-state index in [1.165, 1.54) is 29.4 Å². The summed E-state index contributed by atoms with van der Waals surface area (Å²) >= 11 is 0. The van der Waals surface area contributed by atoms with Crippen LogP contribution in [0.15, 0.2) is 121 Å². The Morgan fingerprint density at radius 2 is 1.20 bits per heavy atom. The van der Waals surface area contributed by atoms with Crippen molar-refractivity contribution < 1.29 is 23.7 Å². The molecule has 5 aromatic rings. The molecule has 3 unspecified atom stereocenters. The lowest BCUT2D eigenvalue weighted by Crippen LogP contribution is -2.27. The Labute approximate surface area is 296 Å². The fourth-order valence-electron chi connectivity index (χ4n) is 6.65. The standard InChI is InChI=1S/C45H46O5/c1-5-48-45(46)43(47-4)28-33-16-22-40(23-17-33)49-26-27-50-44-41-24-20-36(31(2)34-12-8-6-9-13-34)29-38(41)18-19-39-30-37(21-25-42(39)44)32(3)35-14-10-7-11-15-35/h6-25,29-32,43-44H,5,26-28H2,1-4H3. The molecule has 50 heavy (non-hydrogen) atoms. The van der Waals surface area contributed by atoms with E-state index in [-0.39, 0.29) is 23.9 Å². The monoisotopic (exact) mass is 666 g/mol. The number of carbonyl (C=O) groups is 1. The lowest BCUT2D eigenvalue weighted by atomic mass is 9.87. The summed E-state index contributed by atoms with van der Waals surface area (Å²) in [4.78, 5) is 12.1. The number of ether oxygens (including phenoxy) is 4. The van der Waals surface area contributed by atoms with Crippen molar-refractivity contribution in [2.45, 2.75) is 51.2 Å². The first kappa shape index (κ1) is 34.9. The number of methoxy groups -OCH3 is 1. The highest BCUT2D eigenvalue weighted by atomic mass is 16.6. The molecule has 5 heteroatoms. The summed E-state index contributed by atoms with van der Waals surface area (Å²) in [5.74, 6) is 0.921. The molecule has 0 bridgehead atoms. The second kappa shape index (κ2) is 16.6. The summed E-state index contributed by atoms with van der Waals surface area (Å²) in [6, 6.07) is 42.6. The molecule has 0 saturated carbocycles. The summed E-state index contributed by atoms with van der Waals surface area (Å²) in [7, 11) is 1.52. The summed E-state index contributed by atoms with van der Waals surface area (Å²) in [6.45, 7) is 7.44. The van der Waals surface area contributed by atoms with Crippen LogP contribution in [-0.2, 0) is 25.4 Å². The maximum Gasteiger partial charge on any atom is 0.335 e. The zero-order valence-corrected chi connectivity index (χ0v) is 29.4. The van der Waals surface area contributed by atoms with Crippen LogP contribution in [0.3, 0.4) is 0 Å². The molecule has 0 amide bonds. The Hall–Kier alpha value is -4.97. The predicted molar refractivity (Wildman–Crippen MR) is 201 cm³/mol. The maximum atomic E-state index is 12.1. The zero-order chi connectivity index (χ0) is 34.9. The van der Waals surface area contributed by atoms with E-state index >= 15 is 0 Å². The molecule has 3 atom stereocenters. The molecule has 0 N–H and O–H groups in total. The van der Waals surface area contributed by atoms with E-state index in [0.717, 1.165) is 33.6 Å². The number of carbonyl (C=O) groups excluding carboxylic acids is 1. The van der Waals surface area contributed by atoms with E-state index in [0.29, 0.717) is 26.2 Å². The van der Waals surface area contributed by atoms with Gasteiger partial charge in [0.1, 0.15) is 18.5 Å². The Balaban J connectivity index is 1.20. The first-order valence-corrected chi connectivity index (χ1v) is 17.5. The Kier molecular flexibility index (Phi) is 11.6. The molecule has 0 aliphatic heterocycles. The van der Waals surface area contributed by atoms with Crippen molar-refractivity contribution in [3.8, 4) is 5.75 Å². The van der Waals surface area contributed by atoms with Gasteiger partial charge >= 0.3 is 5.97 Å². The number of benzene rings is 5. The van der Waals surface area contributed by atoms with Crippen LogP contribution in [0, 0.1) is 0 Å². The maximum absolute atomic E-state index is 12.1. The SMILES string of the molecule is CCOC(=O)C(Cc1ccc(OCCOC2c3ccc(C(C)c4ccccc4)cc3C=Cc3cc(C(C)c4ccccc4)ccc32)cc1)OC. The van der Waals surface area contributed by atoms with Crippen molar-refractivity contribution in [1.82, 2.24) is 0 Å². The molecule has 0 spiro atoms. The summed E-state index contributed by atoms with van der Waals surface area (Å²) in [5.41, 5.74) is 10.7. The molecule has 0 heterocycles. The van der Waals surface area contributed by atoms with E-state index in [9.17, 15) is 4.79 Å². The van der Waals surface area contributed by atoms with Crippen LogP contribution in [-0.4, -0.2) is 39.0 Å². The molecule has 0 saturated heterocycles. The smallest absolute Gasteiger partial charge is 0.335 e.